The van der Waals surface area contributed by atoms with E-state index >= 15 is 0 Å². The lowest BCUT2D eigenvalue weighted by molar-refractivity contribution is 0.306. The molecule has 0 amide bonds. The first kappa shape index (κ1) is 19.2. The summed E-state index contributed by atoms with van der Waals surface area (Å²) in [5, 5.41) is 9.99. The van der Waals surface area contributed by atoms with Gasteiger partial charge >= 0.3 is 0 Å². The normalized spacial score (nSPS) is 11.1. The Morgan fingerprint density at radius 3 is 2.41 bits per heavy atom. The zero-order valence-electron chi connectivity index (χ0n) is 14.7. The second-order valence-electron chi connectivity index (χ2n) is 6.14. The summed E-state index contributed by atoms with van der Waals surface area (Å²) in [5.41, 5.74) is 4.58. The number of hydrogen-bond acceptors (Lipinski definition) is 2. The maximum Gasteiger partial charge on any atom is 0.138 e. The molecule has 0 aliphatic heterocycles. The molecular formula is C23H17BrClNO. The molecule has 0 heterocycles. The molecule has 3 aromatic rings. The molecule has 134 valence electrons. The highest BCUT2D eigenvalue weighted by atomic mass is 79.9. The van der Waals surface area contributed by atoms with Crippen LogP contribution in [-0.2, 0) is 6.61 Å². The van der Waals surface area contributed by atoms with Gasteiger partial charge in [-0.1, -0.05) is 75.6 Å². The van der Waals surface area contributed by atoms with Crippen LogP contribution in [-0.4, -0.2) is 0 Å². The quantitative estimate of drug-likeness (QED) is 0.316. The van der Waals surface area contributed by atoms with Crippen molar-refractivity contribution in [2.45, 2.75) is 13.5 Å². The standard InChI is InChI=1S/C23H17BrClNO/c1-16-2-4-17(5-3-16)15-27-23-11-6-18(13-22(23)25)12-20(14-26)19-7-9-21(24)10-8-19/h2-13H,15H2,1H3/b20-12+. The van der Waals surface area contributed by atoms with Crippen molar-refractivity contribution in [2.75, 3.05) is 0 Å². The van der Waals surface area contributed by atoms with E-state index in [1.165, 1.54) is 5.56 Å². The zero-order chi connectivity index (χ0) is 19.2. The predicted molar refractivity (Wildman–Crippen MR) is 115 cm³/mol. The molecule has 0 unspecified atom stereocenters. The molecule has 3 aromatic carbocycles. The first-order chi connectivity index (χ1) is 13.0. The Morgan fingerprint density at radius 1 is 1.07 bits per heavy atom. The fourth-order valence-corrected chi connectivity index (χ4v) is 3.05. The van der Waals surface area contributed by atoms with Gasteiger partial charge in [-0.2, -0.15) is 5.26 Å². The van der Waals surface area contributed by atoms with Gasteiger partial charge in [-0.3, -0.25) is 0 Å². The van der Waals surface area contributed by atoms with Crippen LogP contribution in [0.5, 0.6) is 5.75 Å². The van der Waals surface area contributed by atoms with Crippen molar-refractivity contribution in [2.24, 2.45) is 0 Å². The van der Waals surface area contributed by atoms with Crippen LogP contribution in [0.2, 0.25) is 5.02 Å². The van der Waals surface area contributed by atoms with E-state index in [0.29, 0.717) is 23.0 Å². The first-order valence-corrected chi connectivity index (χ1v) is 9.58. The van der Waals surface area contributed by atoms with Crippen LogP contribution in [0.25, 0.3) is 11.6 Å². The average molecular weight is 439 g/mol. The first-order valence-electron chi connectivity index (χ1n) is 8.41. The number of nitrogens with zero attached hydrogens (tertiary/aromatic N) is 1. The predicted octanol–water partition coefficient (Wildman–Crippen LogP) is 7.05. The molecule has 4 heteroatoms. The topological polar surface area (TPSA) is 33.0 Å². The SMILES string of the molecule is Cc1ccc(COc2ccc(/C=C(\C#N)c3ccc(Br)cc3)cc2Cl)cc1. The summed E-state index contributed by atoms with van der Waals surface area (Å²) in [6, 6.07) is 23.6. The second kappa shape index (κ2) is 8.90. The van der Waals surface area contributed by atoms with Gasteiger partial charge in [-0.15, -0.1) is 0 Å². The van der Waals surface area contributed by atoms with Gasteiger partial charge in [0.2, 0.25) is 0 Å². The van der Waals surface area contributed by atoms with Crippen molar-refractivity contribution in [1.82, 2.24) is 0 Å². The lowest BCUT2D eigenvalue weighted by Crippen LogP contribution is -1.96. The maximum absolute atomic E-state index is 9.48. The molecule has 0 atom stereocenters. The van der Waals surface area contributed by atoms with E-state index in [4.69, 9.17) is 16.3 Å². The number of benzene rings is 3. The molecule has 0 radical (unpaired) electrons. The molecule has 3 rings (SSSR count). The van der Waals surface area contributed by atoms with Crippen LogP contribution in [0.3, 0.4) is 0 Å². The van der Waals surface area contributed by atoms with E-state index in [1.54, 1.807) is 0 Å². The molecule has 27 heavy (non-hydrogen) atoms. The average Bonchev–Trinajstić information content (AvgIpc) is 2.67. The summed E-state index contributed by atoms with van der Waals surface area (Å²) in [6.45, 7) is 2.51. The molecule has 0 saturated heterocycles. The van der Waals surface area contributed by atoms with Crippen molar-refractivity contribution >= 4 is 39.2 Å². The second-order valence-corrected chi connectivity index (χ2v) is 7.46. The molecule has 0 saturated carbocycles. The Balaban J connectivity index is 1.76. The number of hydrogen-bond donors (Lipinski definition) is 0. The van der Waals surface area contributed by atoms with E-state index in [-0.39, 0.29) is 0 Å². The van der Waals surface area contributed by atoms with E-state index in [0.717, 1.165) is 21.2 Å². The molecule has 0 fully saturated rings. The van der Waals surface area contributed by atoms with Gasteiger partial charge in [0.25, 0.3) is 0 Å². The summed E-state index contributed by atoms with van der Waals surface area (Å²) in [4.78, 5) is 0. The number of aryl methyl sites for hydroxylation is 1. The molecular weight excluding hydrogens is 422 g/mol. The minimum atomic E-state index is 0.456. The highest BCUT2D eigenvalue weighted by molar-refractivity contribution is 9.10. The molecule has 0 aromatic heterocycles. The lowest BCUT2D eigenvalue weighted by atomic mass is 10.0. The van der Waals surface area contributed by atoms with Gasteiger partial charge in [-0.25, -0.2) is 0 Å². The van der Waals surface area contributed by atoms with Crippen LogP contribution in [0.15, 0.2) is 71.2 Å². The Bertz CT molecular complexity index is 1000. The van der Waals surface area contributed by atoms with E-state index in [2.05, 4.69) is 41.1 Å². The minimum absolute atomic E-state index is 0.456. The Hall–Kier alpha value is -2.54. The van der Waals surface area contributed by atoms with Crippen molar-refractivity contribution in [3.8, 4) is 11.8 Å². The Morgan fingerprint density at radius 2 is 1.78 bits per heavy atom. The third-order valence-corrected chi connectivity index (χ3v) is 4.88. The number of nitriles is 1. The third-order valence-electron chi connectivity index (χ3n) is 4.06. The van der Waals surface area contributed by atoms with Gasteiger partial charge in [-0.05, 0) is 54.0 Å². The van der Waals surface area contributed by atoms with Crippen LogP contribution >= 0.6 is 27.5 Å². The number of rotatable bonds is 5. The largest absolute Gasteiger partial charge is 0.487 e. The highest BCUT2D eigenvalue weighted by Gasteiger charge is 2.06. The molecule has 0 aliphatic rings. The van der Waals surface area contributed by atoms with Crippen molar-refractivity contribution in [3.05, 3.63) is 98.5 Å². The van der Waals surface area contributed by atoms with E-state index in [1.807, 2.05) is 60.7 Å². The van der Waals surface area contributed by atoms with Crippen molar-refractivity contribution in [3.63, 3.8) is 0 Å². The van der Waals surface area contributed by atoms with Gasteiger partial charge in [0.15, 0.2) is 0 Å². The van der Waals surface area contributed by atoms with Gasteiger partial charge in [0.05, 0.1) is 16.7 Å². The van der Waals surface area contributed by atoms with Crippen LogP contribution in [0.4, 0.5) is 0 Å². The molecule has 0 spiro atoms. The summed E-state index contributed by atoms with van der Waals surface area (Å²) < 4.78 is 6.80. The van der Waals surface area contributed by atoms with E-state index in [9.17, 15) is 5.26 Å². The summed E-state index contributed by atoms with van der Waals surface area (Å²) in [5.74, 6) is 0.622. The Kier molecular flexibility index (Phi) is 6.34. The maximum atomic E-state index is 9.48. The highest BCUT2D eigenvalue weighted by Crippen LogP contribution is 2.28. The van der Waals surface area contributed by atoms with Crippen LogP contribution < -0.4 is 4.74 Å². The third kappa shape index (κ3) is 5.23. The zero-order valence-corrected chi connectivity index (χ0v) is 17.1. The fraction of sp³-hybridized carbons (Fsp3) is 0.0870. The van der Waals surface area contributed by atoms with Gasteiger partial charge < -0.3 is 4.74 Å². The fourth-order valence-electron chi connectivity index (χ4n) is 2.55. The number of halogens is 2. The number of ether oxygens (including phenoxy) is 1. The van der Waals surface area contributed by atoms with Crippen molar-refractivity contribution < 1.29 is 4.74 Å². The van der Waals surface area contributed by atoms with Gasteiger partial charge in [0, 0.05) is 4.47 Å². The van der Waals surface area contributed by atoms with Crippen molar-refractivity contribution in [1.29, 1.82) is 5.26 Å². The smallest absolute Gasteiger partial charge is 0.138 e. The van der Waals surface area contributed by atoms with E-state index < -0.39 is 0 Å². The molecule has 2 nitrogen and oxygen atoms in total. The van der Waals surface area contributed by atoms with Crippen LogP contribution in [0.1, 0.15) is 22.3 Å². The van der Waals surface area contributed by atoms with Gasteiger partial charge in [0.1, 0.15) is 12.4 Å². The summed E-state index contributed by atoms with van der Waals surface area (Å²) in [6.07, 6.45) is 1.82. The lowest BCUT2D eigenvalue weighted by Gasteiger charge is -2.09. The Labute approximate surface area is 172 Å². The minimum Gasteiger partial charge on any atom is -0.487 e. The molecule has 0 aliphatic carbocycles. The summed E-state index contributed by atoms with van der Waals surface area (Å²) in [7, 11) is 0. The molecule has 0 bridgehead atoms. The number of allylic oxidation sites excluding steroid dienone is 1. The summed E-state index contributed by atoms with van der Waals surface area (Å²) >= 11 is 9.77. The molecule has 0 N–H and O–H groups in total. The monoisotopic (exact) mass is 437 g/mol. The van der Waals surface area contributed by atoms with Crippen LogP contribution in [0, 0.1) is 18.3 Å².